The highest BCUT2D eigenvalue weighted by Crippen LogP contribution is 2.34. The molecule has 14 heavy (non-hydrogen) atoms. The van der Waals surface area contributed by atoms with Crippen molar-refractivity contribution < 1.29 is 20.4 Å². The molecule has 4 nitrogen and oxygen atoms in total. The Morgan fingerprint density at radius 2 is 1.64 bits per heavy atom. The third-order valence-electron chi connectivity index (χ3n) is 1.88. The molecule has 0 bridgehead atoms. The highest BCUT2D eigenvalue weighted by atomic mass is 35.5. The Morgan fingerprint density at radius 3 is 2.07 bits per heavy atom. The van der Waals surface area contributed by atoms with E-state index in [4.69, 9.17) is 11.6 Å². The molecule has 2 atom stereocenters. The minimum atomic E-state index is -1.39. The SMILES string of the molecule is Oc1cccc(O)c1C(O)C(O)CCl. The van der Waals surface area contributed by atoms with Crippen molar-refractivity contribution in [2.45, 2.75) is 12.2 Å². The zero-order chi connectivity index (χ0) is 10.7. The minimum absolute atomic E-state index is 0.111. The number of halogens is 1. The molecule has 0 saturated heterocycles. The van der Waals surface area contributed by atoms with Crippen LogP contribution in [0.3, 0.4) is 0 Å². The summed E-state index contributed by atoms with van der Waals surface area (Å²) in [5.41, 5.74) is -0.111. The van der Waals surface area contributed by atoms with Gasteiger partial charge in [0.25, 0.3) is 0 Å². The topological polar surface area (TPSA) is 80.9 Å². The van der Waals surface area contributed by atoms with Gasteiger partial charge in [0.05, 0.1) is 17.5 Å². The fraction of sp³-hybridized carbons (Fsp3) is 0.333. The maximum Gasteiger partial charge on any atom is 0.125 e. The van der Waals surface area contributed by atoms with Gasteiger partial charge >= 0.3 is 0 Å². The van der Waals surface area contributed by atoms with Gasteiger partial charge in [-0.15, -0.1) is 11.6 Å². The van der Waals surface area contributed by atoms with Crippen LogP contribution in [-0.2, 0) is 0 Å². The summed E-state index contributed by atoms with van der Waals surface area (Å²) in [6, 6.07) is 4.03. The van der Waals surface area contributed by atoms with Crippen molar-refractivity contribution in [1.29, 1.82) is 0 Å². The maximum absolute atomic E-state index is 9.50. The summed E-state index contributed by atoms with van der Waals surface area (Å²) < 4.78 is 0. The molecule has 1 aromatic rings. The van der Waals surface area contributed by atoms with E-state index in [1.165, 1.54) is 18.2 Å². The number of phenols is 2. The van der Waals surface area contributed by atoms with Gasteiger partial charge in [-0.1, -0.05) is 6.07 Å². The summed E-state index contributed by atoms with van der Waals surface area (Å²) in [6.45, 7) is 0. The molecule has 0 amide bonds. The van der Waals surface area contributed by atoms with E-state index in [0.29, 0.717) is 0 Å². The minimum Gasteiger partial charge on any atom is -0.507 e. The number of hydrogen-bond acceptors (Lipinski definition) is 4. The number of aliphatic hydroxyl groups is 2. The molecule has 0 aliphatic rings. The van der Waals surface area contributed by atoms with Gasteiger partial charge in [-0.2, -0.15) is 0 Å². The van der Waals surface area contributed by atoms with Crippen LogP contribution in [0.5, 0.6) is 11.5 Å². The average Bonchev–Trinajstić information content (AvgIpc) is 2.16. The normalized spacial score (nSPS) is 15.1. The number of rotatable bonds is 3. The van der Waals surface area contributed by atoms with E-state index in [-0.39, 0.29) is 22.9 Å². The molecule has 0 saturated carbocycles. The van der Waals surface area contributed by atoms with Crippen molar-refractivity contribution in [3.05, 3.63) is 23.8 Å². The first kappa shape index (κ1) is 11.1. The van der Waals surface area contributed by atoms with E-state index in [2.05, 4.69) is 0 Å². The fourth-order valence-electron chi connectivity index (χ4n) is 1.12. The molecule has 0 aromatic heterocycles. The molecule has 5 heteroatoms. The maximum atomic E-state index is 9.50. The largest absolute Gasteiger partial charge is 0.507 e. The summed E-state index contributed by atoms with van der Waals surface area (Å²) in [5.74, 6) is -0.738. The molecule has 1 rings (SSSR count). The van der Waals surface area contributed by atoms with Gasteiger partial charge in [-0.3, -0.25) is 0 Å². The summed E-state index contributed by atoms with van der Waals surface area (Å²) in [7, 11) is 0. The van der Waals surface area contributed by atoms with Crippen LogP contribution in [0.25, 0.3) is 0 Å². The first-order chi connectivity index (χ1) is 6.57. The van der Waals surface area contributed by atoms with E-state index in [9.17, 15) is 20.4 Å². The first-order valence-corrected chi connectivity index (χ1v) is 4.54. The summed E-state index contributed by atoms with van der Waals surface area (Å²) >= 11 is 5.33. The molecule has 0 aliphatic carbocycles. The molecule has 0 fully saturated rings. The Bertz CT molecular complexity index is 295. The zero-order valence-electron chi connectivity index (χ0n) is 7.26. The molecule has 1 aromatic carbocycles. The smallest absolute Gasteiger partial charge is 0.125 e. The number of alkyl halides is 1. The van der Waals surface area contributed by atoms with Crippen molar-refractivity contribution in [2.24, 2.45) is 0 Å². The highest BCUT2D eigenvalue weighted by molar-refractivity contribution is 6.18. The second-order valence-electron chi connectivity index (χ2n) is 2.88. The van der Waals surface area contributed by atoms with Crippen molar-refractivity contribution in [3.63, 3.8) is 0 Å². The number of phenolic OH excluding ortho intramolecular Hbond substituents is 2. The molecule has 0 spiro atoms. The highest BCUT2D eigenvalue weighted by Gasteiger charge is 2.23. The Hall–Kier alpha value is -0.970. The van der Waals surface area contributed by atoms with Gasteiger partial charge in [-0.05, 0) is 12.1 Å². The van der Waals surface area contributed by atoms with E-state index < -0.39 is 12.2 Å². The van der Waals surface area contributed by atoms with Gasteiger partial charge < -0.3 is 20.4 Å². The second kappa shape index (κ2) is 4.50. The molecule has 0 heterocycles. The van der Waals surface area contributed by atoms with E-state index in [0.717, 1.165) is 0 Å². The van der Waals surface area contributed by atoms with Crippen LogP contribution in [0.4, 0.5) is 0 Å². The first-order valence-electron chi connectivity index (χ1n) is 4.01. The molecule has 0 aliphatic heterocycles. The van der Waals surface area contributed by atoms with Crippen molar-refractivity contribution in [1.82, 2.24) is 0 Å². The lowest BCUT2D eigenvalue weighted by Gasteiger charge is -2.17. The van der Waals surface area contributed by atoms with Crippen molar-refractivity contribution in [2.75, 3.05) is 5.88 Å². The fourth-order valence-corrected chi connectivity index (χ4v) is 1.29. The molecule has 0 radical (unpaired) electrons. The molecular formula is C9H11ClO4. The van der Waals surface area contributed by atoms with Crippen LogP contribution in [0.15, 0.2) is 18.2 Å². The number of benzene rings is 1. The average molecular weight is 219 g/mol. The Balaban J connectivity index is 3.05. The van der Waals surface area contributed by atoms with Gasteiger partial charge in [-0.25, -0.2) is 0 Å². The standard InChI is InChI=1S/C9H11ClO4/c10-4-7(13)9(14)8-5(11)2-1-3-6(8)12/h1-3,7,9,11-14H,4H2. The molecule has 2 unspecified atom stereocenters. The van der Waals surface area contributed by atoms with Crippen LogP contribution in [0.1, 0.15) is 11.7 Å². The van der Waals surface area contributed by atoms with E-state index in [1.54, 1.807) is 0 Å². The Morgan fingerprint density at radius 1 is 1.14 bits per heavy atom. The van der Waals surface area contributed by atoms with Gasteiger partial charge in [0.1, 0.15) is 17.6 Å². The lowest BCUT2D eigenvalue weighted by atomic mass is 10.0. The lowest BCUT2D eigenvalue weighted by molar-refractivity contribution is 0.0297. The Kier molecular flexibility index (Phi) is 3.57. The van der Waals surface area contributed by atoms with Crippen molar-refractivity contribution in [3.8, 4) is 11.5 Å². The third-order valence-corrected chi connectivity index (χ3v) is 2.19. The van der Waals surface area contributed by atoms with Gasteiger partial charge in [0, 0.05) is 0 Å². The molecular weight excluding hydrogens is 208 g/mol. The van der Waals surface area contributed by atoms with Crippen LogP contribution >= 0.6 is 11.6 Å². The van der Waals surface area contributed by atoms with Gasteiger partial charge in [0.15, 0.2) is 0 Å². The third kappa shape index (κ3) is 2.09. The number of aromatic hydroxyl groups is 2. The monoisotopic (exact) mass is 218 g/mol. The molecule has 78 valence electrons. The van der Waals surface area contributed by atoms with Crippen LogP contribution in [0.2, 0.25) is 0 Å². The zero-order valence-corrected chi connectivity index (χ0v) is 8.02. The van der Waals surface area contributed by atoms with Crippen molar-refractivity contribution >= 4 is 11.6 Å². The van der Waals surface area contributed by atoms with Crippen LogP contribution < -0.4 is 0 Å². The Labute approximate surface area is 86.0 Å². The summed E-state index contributed by atoms with van der Waals surface area (Å²) in [4.78, 5) is 0. The molecule has 4 N–H and O–H groups in total. The predicted molar refractivity (Wildman–Crippen MR) is 51.5 cm³/mol. The number of hydrogen-bond donors (Lipinski definition) is 4. The predicted octanol–water partition coefficient (Wildman–Crippen LogP) is 0.731. The summed E-state index contributed by atoms with van der Waals surface area (Å²) in [5, 5.41) is 37.4. The summed E-state index contributed by atoms with van der Waals surface area (Å²) in [6.07, 6.45) is -2.62. The van der Waals surface area contributed by atoms with Gasteiger partial charge in [0.2, 0.25) is 0 Å². The second-order valence-corrected chi connectivity index (χ2v) is 3.19. The number of aliphatic hydroxyl groups excluding tert-OH is 2. The van der Waals surface area contributed by atoms with E-state index in [1.807, 2.05) is 0 Å². The quantitative estimate of drug-likeness (QED) is 0.564. The van der Waals surface area contributed by atoms with E-state index >= 15 is 0 Å². The lowest BCUT2D eigenvalue weighted by Crippen LogP contribution is -2.19. The van der Waals surface area contributed by atoms with Crippen LogP contribution in [0, 0.1) is 0 Å². The van der Waals surface area contributed by atoms with Crippen LogP contribution in [-0.4, -0.2) is 32.4 Å².